The van der Waals surface area contributed by atoms with Crippen molar-refractivity contribution >= 4 is 100 Å². The Bertz CT molecular complexity index is 3000. The van der Waals surface area contributed by atoms with Crippen molar-refractivity contribution in [2.24, 2.45) is 0 Å². The summed E-state index contributed by atoms with van der Waals surface area (Å²) in [6.45, 7) is 8.20. The van der Waals surface area contributed by atoms with Gasteiger partial charge in [-0.3, -0.25) is 0 Å². The lowest BCUT2D eigenvalue weighted by Gasteiger charge is -2.44. The second-order valence-corrected chi connectivity index (χ2v) is 15.2. The van der Waals surface area contributed by atoms with E-state index in [1.165, 1.54) is 22.3 Å². The quantitative estimate of drug-likeness (QED) is 0.168. The van der Waals surface area contributed by atoms with Crippen LogP contribution in [0.5, 0.6) is 0 Å². The molecule has 0 amide bonds. The maximum absolute atomic E-state index is 9.78. The molecule has 11 rings (SSSR count). The van der Waals surface area contributed by atoms with Crippen molar-refractivity contribution < 1.29 is 4.11 Å². The van der Waals surface area contributed by atoms with Crippen LogP contribution in [0.4, 0.5) is 34.1 Å². The molecule has 2 heterocycles. The van der Waals surface area contributed by atoms with Crippen LogP contribution in [0.2, 0.25) is 0 Å². The molecule has 3 heteroatoms. The third-order valence-corrected chi connectivity index (χ3v) is 11.5. The summed E-state index contributed by atoms with van der Waals surface area (Å²) in [7, 11) is 0. The number of fused-ring (bicyclic) bond motifs is 8. The first-order chi connectivity index (χ1) is 27.1. The molecule has 0 unspecified atom stereocenters. The van der Waals surface area contributed by atoms with Crippen LogP contribution in [0.1, 0.15) is 26.4 Å². The minimum atomic E-state index is -0.283. The highest BCUT2D eigenvalue weighted by atomic mass is 15.2. The minimum Gasteiger partial charge on any atom is -0.311 e. The Morgan fingerprint density at radius 3 is 1.17 bits per heavy atom. The SMILES string of the molecule is [2H]c1c([2H])c2c3c(c1[2H])N(c1ccc4cc(C)ccc4c1)c1cc4cc(C)ccc4cc1B3c1cc3ccc(C)cc3cc1N2c1ccc2cc(C)ccc2c1. The normalized spacial score (nSPS) is 14.0. The van der Waals surface area contributed by atoms with Crippen molar-refractivity contribution in [2.75, 3.05) is 9.80 Å². The number of hydrogen-bond acceptors (Lipinski definition) is 2. The van der Waals surface area contributed by atoms with Crippen molar-refractivity contribution in [2.45, 2.75) is 27.7 Å². The summed E-state index contributed by atoms with van der Waals surface area (Å²) in [5.41, 5.74) is 13.1. The predicted molar refractivity (Wildman–Crippen MR) is 229 cm³/mol. The van der Waals surface area contributed by atoms with E-state index in [0.717, 1.165) is 82.2 Å². The van der Waals surface area contributed by atoms with E-state index in [4.69, 9.17) is 0 Å². The van der Waals surface area contributed by atoms with Gasteiger partial charge in [0.1, 0.15) is 0 Å². The van der Waals surface area contributed by atoms with Crippen molar-refractivity contribution in [1.82, 2.24) is 0 Å². The molecule has 0 radical (unpaired) electrons. The van der Waals surface area contributed by atoms with Gasteiger partial charge in [0.2, 0.25) is 0 Å². The van der Waals surface area contributed by atoms with E-state index in [2.05, 4.69) is 171 Å². The van der Waals surface area contributed by atoms with Gasteiger partial charge in [-0.05, 0) is 136 Å². The molecule has 0 fully saturated rings. The van der Waals surface area contributed by atoms with E-state index < -0.39 is 0 Å². The zero-order valence-corrected chi connectivity index (χ0v) is 30.2. The lowest BCUT2D eigenvalue weighted by atomic mass is 9.33. The van der Waals surface area contributed by atoms with E-state index >= 15 is 0 Å². The first kappa shape index (κ1) is 27.4. The molecule has 250 valence electrons. The lowest BCUT2D eigenvalue weighted by Crippen LogP contribution is -2.61. The van der Waals surface area contributed by atoms with E-state index in [0.29, 0.717) is 11.4 Å². The molecule has 2 aliphatic heterocycles. The molecule has 2 aliphatic rings. The number of benzene rings is 9. The van der Waals surface area contributed by atoms with Crippen LogP contribution in [0.3, 0.4) is 0 Å². The molecule has 0 saturated heterocycles. The van der Waals surface area contributed by atoms with Gasteiger partial charge < -0.3 is 9.80 Å². The van der Waals surface area contributed by atoms with Crippen LogP contribution in [-0.2, 0) is 0 Å². The van der Waals surface area contributed by atoms with Crippen LogP contribution in [-0.4, -0.2) is 6.71 Å². The second kappa shape index (κ2) is 11.1. The molecule has 0 bridgehead atoms. The molecule has 0 spiro atoms. The Kier molecular flexibility index (Phi) is 5.72. The zero-order valence-electron chi connectivity index (χ0n) is 33.2. The van der Waals surface area contributed by atoms with Crippen molar-refractivity contribution in [1.29, 1.82) is 0 Å². The first-order valence-corrected chi connectivity index (χ1v) is 18.4. The van der Waals surface area contributed by atoms with Gasteiger partial charge >= 0.3 is 0 Å². The fourth-order valence-electron chi connectivity index (χ4n) is 8.96. The van der Waals surface area contributed by atoms with E-state index in [9.17, 15) is 4.11 Å². The minimum absolute atomic E-state index is 0.0616. The van der Waals surface area contributed by atoms with E-state index in [1.807, 2.05) is 0 Å². The molecule has 0 saturated carbocycles. The van der Waals surface area contributed by atoms with Crippen molar-refractivity contribution in [3.8, 4) is 0 Å². The highest BCUT2D eigenvalue weighted by Crippen LogP contribution is 2.46. The van der Waals surface area contributed by atoms with Gasteiger partial charge in [-0.1, -0.05) is 125 Å². The third kappa shape index (κ3) is 4.60. The van der Waals surface area contributed by atoms with E-state index in [-0.39, 0.29) is 24.8 Å². The Labute approximate surface area is 314 Å². The fraction of sp³-hybridized carbons (Fsp3) is 0.0800. The number of nitrogens with zero attached hydrogens (tertiary/aromatic N) is 2. The lowest BCUT2D eigenvalue weighted by molar-refractivity contribution is 1.26. The fourth-order valence-corrected chi connectivity index (χ4v) is 8.96. The molecule has 0 atom stereocenters. The number of hydrogen-bond donors (Lipinski definition) is 0. The maximum Gasteiger partial charge on any atom is 0.252 e. The summed E-state index contributed by atoms with van der Waals surface area (Å²) < 4.78 is 29.0. The standard InChI is InChI=1S/C50H37BN2/c1-30-8-12-36-24-42(18-16-34(36)20-30)52-46-6-5-7-47-50(46)51(44-26-38-14-10-32(3)22-40(38)28-48(44)52)45-27-39-15-11-33(4)23-41(39)29-49(45)53(47)43-19-17-35-21-31(2)9-13-37(35)25-43/h5-29H,1-4H3/i5D,6D,7D. The highest BCUT2D eigenvalue weighted by molar-refractivity contribution is 7.00. The Hall–Kier alpha value is -6.32. The molecule has 0 aromatic heterocycles. The second-order valence-electron chi connectivity index (χ2n) is 15.2. The van der Waals surface area contributed by atoms with Crippen LogP contribution in [0.15, 0.2) is 152 Å². The predicted octanol–water partition coefficient (Wildman–Crippen LogP) is 11.6. The molecular weight excluding hydrogens is 639 g/mol. The Morgan fingerprint density at radius 1 is 0.377 bits per heavy atom. The van der Waals surface area contributed by atoms with E-state index in [1.54, 1.807) is 0 Å². The highest BCUT2D eigenvalue weighted by Gasteiger charge is 2.43. The van der Waals surface area contributed by atoms with Crippen molar-refractivity contribution in [3.05, 3.63) is 174 Å². The zero-order chi connectivity index (χ0) is 38.1. The summed E-state index contributed by atoms with van der Waals surface area (Å²) in [6.07, 6.45) is 0. The third-order valence-electron chi connectivity index (χ3n) is 11.5. The van der Waals surface area contributed by atoms with Gasteiger partial charge in [0.15, 0.2) is 0 Å². The average molecular weight is 680 g/mol. The van der Waals surface area contributed by atoms with Gasteiger partial charge in [0.05, 0.1) is 4.11 Å². The summed E-state index contributed by atoms with van der Waals surface area (Å²) in [5, 5.41) is 9.07. The monoisotopic (exact) mass is 679 g/mol. The van der Waals surface area contributed by atoms with Crippen LogP contribution >= 0.6 is 0 Å². The average Bonchev–Trinajstić information content (AvgIpc) is 3.19. The van der Waals surface area contributed by atoms with Crippen molar-refractivity contribution in [3.63, 3.8) is 0 Å². The molecule has 0 N–H and O–H groups in total. The number of anilines is 6. The molecule has 0 aliphatic carbocycles. The van der Waals surface area contributed by atoms with Crippen LogP contribution in [0, 0.1) is 27.7 Å². The molecular formula is C50H37BN2. The summed E-state index contributed by atoms with van der Waals surface area (Å²) in [4.78, 5) is 4.42. The molecule has 53 heavy (non-hydrogen) atoms. The summed E-state index contributed by atoms with van der Waals surface area (Å²) in [5.74, 6) is 0. The van der Waals surface area contributed by atoms with Gasteiger partial charge in [-0.25, -0.2) is 0 Å². The first-order valence-electron chi connectivity index (χ1n) is 19.9. The Balaban J connectivity index is 1.30. The smallest absolute Gasteiger partial charge is 0.252 e. The number of aryl methyl sites for hydroxylation is 4. The van der Waals surface area contributed by atoms with Gasteiger partial charge in [0, 0.05) is 34.1 Å². The molecule has 2 nitrogen and oxygen atoms in total. The van der Waals surface area contributed by atoms with Gasteiger partial charge in [-0.2, -0.15) is 0 Å². The molecule has 9 aromatic rings. The number of rotatable bonds is 2. The van der Waals surface area contributed by atoms with Gasteiger partial charge in [-0.15, -0.1) is 0 Å². The maximum atomic E-state index is 9.78. The van der Waals surface area contributed by atoms with Crippen LogP contribution < -0.4 is 26.2 Å². The topological polar surface area (TPSA) is 6.48 Å². The summed E-state index contributed by atoms with van der Waals surface area (Å²) >= 11 is 0. The Morgan fingerprint density at radius 2 is 0.736 bits per heavy atom. The van der Waals surface area contributed by atoms with Crippen LogP contribution in [0.25, 0.3) is 43.1 Å². The van der Waals surface area contributed by atoms with Gasteiger partial charge in [0.25, 0.3) is 6.71 Å². The largest absolute Gasteiger partial charge is 0.311 e. The molecule has 9 aromatic carbocycles. The summed E-state index contributed by atoms with van der Waals surface area (Å²) in [6, 6.07) is 48.5.